The van der Waals surface area contributed by atoms with Crippen molar-refractivity contribution in [1.29, 1.82) is 0 Å². The lowest BCUT2D eigenvalue weighted by Crippen LogP contribution is -2.02. The first-order valence-electron chi connectivity index (χ1n) is 4.68. The number of aromatic nitrogens is 1. The molecule has 1 aromatic heterocycles. The number of carbonyl (C=O) groups is 1. The van der Waals surface area contributed by atoms with Crippen molar-refractivity contribution in [3.8, 4) is 0 Å². The van der Waals surface area contributed by atoms with Gasteiger partial charge in [-0.1, -0.05) is 18.2 Å². The first-order valence-corrected chi connectivity index (χ1v) is 6.07. The molecule has 0 unspecified atom stereocenters. The highest BCUT2D eigenvalue weighted by atomic mass is 32.2. The third-order valence-corrected chi connectivity index (χ3v) is 2.81. The number of rotatable bonds is 3. The fourth-order valence-electron chi connectivity index (χ4n) is 1.57. The van der Waals surface area contributed by atoms with Crippen LogP contribution in [0, 0.1) is 0 Å². The van der Waals surface area contributed by atoms with E-state index in [0.717, 1.165) is 16.3 Å². The summed E-state index contributed by atoms with van der Waals surface area (Å²) in [7, 11) is 0. The molecule has 0 fully saturated rings. The Balaban J connectivity index is 2.56. The van der Waals surface area contributed by atoms with E-state index in [4.69, 9.17) is 0 Å². The molecule has 0 saturated heterocycles. The maximum absolute atomic E-state index is 11.8. The monoisotopic (exact) mass is 217 g/mol. The van der Waals surface area contributed by atoms with E-state index >= 15 is 0 Å². The number of carbonyl (C=O) groups excluding carboxylic acids is 1. The Morgan fingerprint density at radius 3 is 3.07 bits per heavy atom. The van der Waals surface area contributed by atoms with Crippen LogP contribution < -0.4 is 0 Å². The Labute approximate surface area is 92.7 Å². The molecule has 2 nitrogen and oxygen atoms in total. The van der Waals surface area contributed by atoms with Gasteiger partial charge in [-0.2, -0.15) is 11.8 Å². The predicted molar refractivity (Wildman–Crippen MR) is 64.5 cm³/mol. The minimum atomic E-state index is 0.168. The van der Waals surface area contributed by atoms with Crippen LogP contribution >= 0.6 is 11.8 Å². The summed E-state index contributed by atoms with van der Waals surface area (Å²) < 4.78 is 0. The highest BCUT2D eigenvalue weighted by Crippen LogP contribution is 2.18. The molecule has 0 N–H and O–H groups in total. The zero-order valence-electron chi connectivity index (χ0n) is 8.43. The van der Waals surface area contributed by atoms with Gasteiger partial charge in [-0.05, 0) is 17.7 Å². The third kappa shape index (κ3) is 2.02. The van der Waals surface area contributed by atoms with Gasteiger partial charge in [-0.25, -0.2) is 0 Å². The Hall–Kier alpha value is -1.35. The van der Waals surface area contributed by atoms with Crippen molar-refractivity contribution in [2.75, 3.05) is 12.0 Å². The largest absolute Gasteiger partial charge is 0.293 e. The number of hydrogen-bond donors (Lipinski definition) is 0. The number of ketones is 1. The summed E-state index contributed by atoms with van der Waals surface area (Å²) in [5.41, 5.74) is 0.773. The van der Waals surface area contributed by atoms with Gasteiger partial charge in [0.2, 0.25) is 0 Å². The summed E-state index contributed by atoms with van der Waals surface area (Å²) >= 11 is 1.54. The van der Waals surface area contributed by atoms with Crippen molar-refractivity contribution in [3.63, 3.8) is 0 Å². The van der Waals surface area contributed by atoms with E-state index in [-0.39, 0.29) is 5.78 Å². The third-order valence-electron chi connectivity index (χ3n) is 2.26. The molecule has 15 heavy (non-hydrogen) atoms. The first kappa shape index (κ1) is 10.2. The van der Waals surface area contributed by atoms with Crippen molar-refractivity contribution in [2.24, 2.45) is 0 Å². The van der Waals surface area contributed by atoms with E-state index in [1.807, 2.05) is 30.5 Å². The Bertz CT molecular complexity index is 490. The lowest BCUT2D eigenvalue weighted by molar-refractivity contribution is 0.102. The molecule has 1 aromatic carbocycles. The van der Waals surface area contributed by atoms with Crippen LogP contribution in [0.4, 0.5) is 0 Å². The fraction of sp³-hybridized carbons (Fsp3) is 0.167. The van der Waals surface area contributed by atoms with Gasteiger partial charge in [0.25, 0.3) is 0 Å². The summed E-state index contributed by atoms with van der Waals surface area (Å²) in [6, 6.07) is 7.69. The van der Waals surface area contributed by atoms with Gasteiger partial charge in [-0.3, -0.25) is 9.78 Å². The van der Waals surface area contributed by atoms with Gasteiger partial charge in [0.05, 0.1) is 5.75 Å². The average molecular weight is 217 g/mol. The smallest absolute Gasteiger partial charge is 0.173 e. The molecule has 2 rings (SSSR count). The molecule has 0 aliphatic heterocycles. The minimum Gasteiger partial charge on any atom is -0.293 e. The molecule has 0 spiro atoms. The molecule has 3 heteroatoms. The van der Waals surface area contributed by atoms with Crippen LogP contribution in [0.5, 0.6) is 0 Å². The quantitative estimate of drug-likeness (QED) is 0.740. The SMILES string of the molecule is CSCC(=O)c1cccc2ccncc12. The van der Waals surface area contributed by atoms with Crippen LogP contribution in [0.25, 0.3) is 10.8 Å². The van der Waals surface area contributed by atoms with Crippen LogP contribution in [-0.2, 0) is 0 Å². The molecule has 0 aliphatic rings. The fourth-order valence-corrected chi connectivity index (χ4v) is 1.98. The second kappa shape index (κ2) is 4.45. The number of nitrogens with zero attached hydrogens (tertiary/aromatic N) is 1. The average Bonchev–Trinajstić information content (AvgIpc) is 2.28. The van der Waals surface area contributed by atoms with Gasteiger partial charge in [-0.15, -0.1) is 0 Å². The molecule has 0 atom stereocenters. The predicted octanol–water partition coefficient (Wildman–Crippen LogP) is 2.78. The van der Waals surface area contributed by atoms with Crippen molar-refractivity contribution in [1.82, 2.24) is 4.98 Å². The summed E-state index contributed by atoms with van der Waals surface area (Å²) in [5, 5.41) is 2.01. The first-order chi connectivity index (χ1) is 7.33. The number of fused-ring (bicyclic) bond motifs is 1. The molecule has 0 amide bonds. The summed E-state index contributed by atoms with van der Waals surface area (Å²) in [4.78, 5) is 15.9. The van der Waals surface area contributed by atoms with Gasteiger partial charge < -0.3 is 0 Å². The molecule has 76 valence electrons. The summed E-state index contributed by atoms with van der Waals surface area (Å²) in [6.45, 7) is 0. The summed E-state index contributed by atoms with van der Waals surface area (Å²) in [5.74, 6) is 0.690. The highest BCUT2D eigenvalue weighted by molar-refractivity contribution is 7.99. The molecule has 0 radical (unpaired) electrons. The van der Waals surface area contributed by atoms with Crippen LogP contribution in [0.15, 0.2) is 36.7 Å². The van der Waals surface area contributed by atoms with E-state index in [2.05, 4.69) is 4.98 Å². The molecular formula is C12H11NOS. The number of Topliss-reactive ketones (excluding diaryl/α,β-unsaturated/α-hetero) is 1. The molecule has 1 heterocycles. The lowest BCUT2D eigenvalue weighted by atomic mass is 10.0. The topological polar surface area (TPSA) is 30.0 Å². The van der Waals surface area contributed by atoms with Gasteiger partial charge >= 0.3 is 0 Å². The van der Waals surface area contributed by atoms with Crippen LogP contribution in [-0.4, -0.2) is 22.8 Å². The normalized spacial score (nSPS) is 10.5. The molecule has 0 aliphatic carbocycles. The maximum Gasteiger partial charge on any atom is 0.173 e. The zero-order valence-corrected chi connectivity index (χ0v) is 9.25. The number of hydrogen-bond acceptors (Lipinski definition) is 3. The zero-order chi connectivity index (χ0) is 10.7. The Morgan fingerprint density at radius 1 is 1.40 bits per heavy atom. The lowest BCUT2D eigenvalue weighted by Gasteiger charge is -2.03. The molecule has 0 bridgehead atoms. The van der Waals surface area contributed by atoms with E-state index in [1.165, 1.54) is 0 Å². The molecular weight excluding hydrogens is 206 g/mol. The maximum atomic E-state index is 11.8. The van der Waals surface area contributed by atoms with Crippen LogP contribution in [0.2, 0.25) is 0 Å². The minimum absolute atomic E-state index is 0.168. The van der Waals surface area contributed by atoms with Gasteiger partial charge in [0, 0.05) is 23.3 Å². The van der Waals surface area contributed by atoms with E-state index < -0.39 is 0 Å². The van der Waals surface area contributed by atoms with Gasteiger partial charge in [0.1, 0.15) is 0 Å². The number of thioether (sulfide) groups is 1. The number of benzene rings is 1. The number of pyridine rings is 1. The van der Waals surface area contributed by atoms with Crippen molar-refractivity contribution in [3.05, 3.63) is 42.2 Å². The van der Waals surface area contributed by atoms with E-state index in [0.29, 0.717) is 5.75 Å². The molecule has 2 aromatic rings. The summed E-state index contributed by atoms with van der Waals surface area (Å²) in [6.07, 6.45) is 5.43. The van der Waals surface area contributed by atoms with Crippen molar-refractivity contribution in [2.45, 2.75) is 0 Å². The second-order valence-electron chi connectivity index (χ2n) is 3.26. The van der Waals surface area contributed by atoms with E-state index in [9.17, 15) is 4.79 Å². The Kier molecular flexibility index (Phi) is 3.02. The molecule has 0 saturated carbocycles. The highest BCUT2D eigenvalue weighted by Gasteiger charge is 2.08. The van der Waals surface area contributed by atoms with E-state index in [1.54, 1.807) is 24.2 Å². The van der Waals surface area contributed by atoms with Crippen molar-refractivity contribution < 1.29 is 4.79 Å². The van der Waals surface area contributed by atoms with Crippen LogP contribution in [0.3, 0.4) is 0 Å². The van der Waals surface area contributed by atoms with Crippen molar-refractivity contribution >= 4 is 28.3 Å². The standard InChI is InChI=1S/C12H11NOS/c1-15-8-12(14)10-4-2-3-9-5-6-13-7-11(9)10/h2-7H,8H2,1H3. The Morgan fingerprint density at radius 2 is 2.27 bits per heavy atom. The second-order valence-corrected chi connectivity index (χ2v) is 4.12. The van der Waals surface area contributed by atoms with Crippen LogP contribution in [0.1, 0.15) is 10.4 Å². The van der Waals surface area contributed by atoms with Gasteiger partial charge in [0.15, 0.2) is 5.78 Å².